The summed E-state index contributed by atoms with van der Waals surface area (Å²) in [5.41, 5.74) is 4.65. The number of nitrogens with one attached hydrogen (secondary N) is 2. The van der Waals surface area contributed by atoms with Gasteiger partial charge in [-0.15, -0.1) is 0 Å². The topological polar surface area (TPSA) is 71.3 Å². The minimum absolute atomic E-state index is 0.374. The van der Waals surface area contributed by atoms with Crippen molar-refractivity contribution in [3.8, 4) is 21.7 Å². The SMILES string of the molecule is Cc1cc(-c2ccn3c(-c4cccc(NC(=O)NCC(F)(F)F)c4)cnc3c2)sn1. The van der Waals surface area contributed by atoms with Crippen molar-refractivity contribution in [1.82, 2.24) is 19.1 Å². The Morgan fingerprint density at radius 2 is 2.00 bits per heavy atom. The van der Waals surface area contributed by atoms with Crippen molar-refractivity contribution in [1.29, 1.82) is 0 Å². The van der Waals surface area contributed by atoms with Gasteiger partial charge in [0.15, 0.2) is 0 Å². The van der Waals surface area contributed by atoms with Crippen molar-refractivity contribution in [3.63, 3.8) is 0 Å². The number of carbonyl (C=O) groups excluding carboxylic acids is 1. The fraction of sp³-hybridized carbons (Fsp3) is 0.150. The van der Waals surface area contributed by atoms with E-state index in [0.29, 0.717) is 5.69 Å². The molecule has 6 nitrogen and oxygen atoms in total. The maximum Gasteiger partial charge on any atom is 0.405 e. The maximum absolute atomic E-state index is 12.2. The van der Waals surface area contributed by atoms with Gasteiger partial charge in [0.2, 0.25) is 0 Å². The number of nitrogens with zero attached hydrogens (tertiary/aromatic N) is 3. The Morgan fingerprint density at radius 1 is 1.17 bits per heavy atom. The van der Waals surface area contributed by atoms with Gasteiger partial charge in [0.05, 0.1) is 22.5 Å². The zero-order chi connectivity index (χ0) is 21.3. The Labute approximate surface area is 173 Å². The van der Waals surface area contributed by atoms with E-state index in [1.165, 1.54) is 11.5 Å². The van der Waals surface area contributed by atoms with Gasteiger partial charge >= 0.3 is 12.2 Å². The number of rotatable bonds is 4. The number of benzene rings is 1. The monoisotopic (exact) mass is 431 g/mol. The zero-order valence-corrected chi connectivity index (χ0v) is 16.5. The van der Waals surface area contributed by atoms with Gasteiger partial charge in [-0.05, 0) is 54.4 Å². The lowest BCUT2D eigenvalue weighted by molar-refractivity contribution is -0.122. The molecule has 0 saturated carbocycles. The quantitative estimate of drug-likeness (QED) is 0.471. The molecule has 0 bridgehead atoms. The fourth-order valence-electron chi connectivity index (χ4n) is 2.96. The van der Waals surface area contributed by atoms with Gasteiger partial charge < -0.3 is 10.6 Å². The molecule has 0 fully saturated rings. The predicted octanol–water partition coefficient (Wildman–Crippen LogP) is 5.12. The minimum atomic E-state index is -4.47. The van der Waals surface area contributed by atoms with Crippen molar-refractivity contribution in [3.05, 3.63) is 60.6 Å². The molecule has 0 spiro atoms. The van der Waals surface area contributed by atoms with Crippen LogP contribution in [0.15, 0.2) is 54.9 Å². The van der Waals surface area contributed by atoms with Crippen molar-refractivity contribution in [2.75, 3.05) is 11.9 Å². The molecule has 2 N–H and O–H groups in total. The summed E-state index contributed by atoms with van der Waals surface area (Å²) in [5.74, 6) is 0. The van der Waals surface area contributed by atoms with E-state index >= 15 is 0 Å². The number of anilines is 1. The van der Waals surface area contributed by atoms with E-state index in [-0.39, 0.29) is 0 Å². The van der Waals surface area contributed by atoms with Gasteiger partial charge in [0.1, 0.15) is 12.2 Å². The van der Waals surface area contributed by atoms with Crippen LogP contribution in [0, 0.1) is 6.92 Å². The molecule has 0 aliphatic carbocycles. The number of urea groups is 1. The van der Waals surface area contributed by atoms with Gasteiger partial charge in [-0.3, -0.25) is 4.40 Å². The molecule has 2 amide bonds. The summed E-state index contributed by atoms with van der Waals surface area (Å²) in [6, 6.07) is 11.8. The van der Waals surface area contributed by atoms with Crippen molar-refractivity contribution in [2.24, 2.45) is 0 Å². The Bertz CT molecular complexity index is 1210. The van der Waals surface area contributed by atoms with Gasteiger partial charge in [-0.2, -0.15) is 17.5 Å². The third-order valence-corrected chi connectivity index (χ3v) is 5.22. The smallest absolute Gasteiger partial charge is 0.329 e. The summed E-state index contributed by atoms with van der Waals surface area (Å²) in [6.45, 7) is 0.546. The molecule has 0 aliphatic rings. The van der Waals surface area contributed by atoms with Gasteiger partial charge in [0, 0.05) is 17.4 Å². The molecule has 3 aromatic heterocycles. The van der Waals surface area contributed by atoms with Crippen molar-refractivity contribution >= 4 is 28.9 Å². The van der Waals surface area contributed by atoms with Crippen LogP contribution in [0.1, 0.15) is 5.69 Å². The second-order valence-electron chi connectivity index (χ2n) is 6.62. The van der Waals surface area contributed by atoms with E-state index in [2.05, 4.69) is 14.7 Å². The second-order valence-corrected chi connectivity index (χ2v) is 7.43. The van der Waals surface area contributed by atoms with Crippen LogP contribution in [0.5, 0.6) is 0 Å². The molecule has 0 aliphatic heterocycles. The number of hydrogen-bond donors (Lipinski definition) is 2. The largest absolute Gasteiger partial charge is 0.405 e. The fourth-order valence-corrected chi connectivity index (χ4v) is 3.71. The number of aromatic nitrogens is 3. The summed E-state index contributed by atoms with van der Waals surface area (Å²) in [7, 11) is 0. The Hall–Kier alpha value is -3.40. The summed E-state index contributed by atoms with van der Waals surface area (Å²) in [6.07, 6.45) is -0.857. The number of carbonyl (C=O) groups is 1. The number of halogens is 3. The third-order valence-electron chi connectivity index (χ3n) is 4.29. The highest BCUT2D eigenvalue weighted by Gasteiger charge is 2.27. The average Bonchev–Trinajstić information content (AvgIpc) is 3.32. The lowest BCUT2D eigenvalue weighted by Crippen LogP contribution is -2.36. The first-order valence-corrected chi connectivity index (χ1v) is 9.69. The van der Waals surface area contributed by atoms with Crippen LogP contribution in [0.25, 0.3) is 27.3 Å². The van der Waals surface area contributed by atoms with E-state index in [4.69, 9.17) is 0 Å². The van der Waals surface area contributed by atoms with E-state index in [1.54, 1.807) is 29.7 Å². The number of hydrogen-bond acceptors (Lipinski definition) is 4. The molecule has 1 aromatic carbocycles. The second kappa shape index (κ2) is 7.79. The summed E-state index contributed by atoms with van der Waals surface area (Å²) in [4.78, 5) is 17.2. The van der Waals surface area contributed by atoms with Gasteiger partial charge in [-0.1, -0.05) is 12.1 Å². The van der Waals surface area contributed by atoms with Gasteiger partial charge in [-0.25, -0.2) is 9.78 Å². The van der Waals surface area contributed by atoms with E-state index < -0.39 is 18.8 Å². The number of alkyl halides is 3. The zero-order valence-electron chi connectivity index (χ0n) is 15.7. The molecular formula is C20H16F3N5OS. The van der Waals surface area contributed by atoms with Crippen LogP contribution in [0.2, 0.25) is 0 Å². The molecule has 0 saturated heterocycles. The molecular weight excluding hydrogens is 415 g/mol. The number of imidazole rings is 1. The highest BCUT2D eigenvalue weighted by atomic mass is 32.1. The molecule has 4 rings (SSSR count). The molecule has 3 heterocycles. The van der Waals surface area contributed by atoms with Crippen LogP contribution < -0.4 is 10.6 Å². The highest BCUT2D eigenvalue weighted by Crippen LogP contribution is 2.28. The van der Waals surface area contributed by atoms with Crippen LogP contribution in [0.3, 0.4) is 0 Å². The average molecular weight is 431 g/mol. The Kier molecular flexibility index (Phi) is 5.17. The van der Waals surface area contributed by atoms with Crippen LogP contribution in [-0.4, -0.2) is 32.5 Å². The maximum atomic E-state index is 12.2. The first-order valence-electron chi connectivity index (χ1n) is 8.91. The molecule has 0 unspecified atom stereocenters. The molecule has 10 heteroatoms. The Morgan fingerprint density at radius 3 is 2.73 bits per heavy atom. The lowest BCUT2D eigenvalue weighted by atomic mass is 10.1. The number of fused-ring (bicyclic) bond motifs is 1. The lowest BCUT2D eigenvalue weighted by Gasteiger charge is -2.11. The van der Waals surface area contributed by atoms with Crippen LogP contribution in [0.4, 0.5) is 23.7 Å². The molecule has 4 aromatic rings. The Balaban J connectivity index is 1.57. The first kappa shape index (κ1) is 19.9. The summed E-state index contributed by atoms with van der Waals surface area (Å²) < 4.78 is 42.9. The minimum Gasteiger partial charge on any atom is -0.329 e. The number of pyridine rings is 1. The molecule has 0 radical (unpaired) electrons. The molecule has 154 valence electrons. The summed E-state index contributed by atoms with van der Waals surface area (Å²) >= 11 is 1.42. The van der Waals surface area contributed by atoms with Crippen molar-refractivity contribution < 1.29 is 18.0 Å². The normalized spacial score (nSPS) is 11.6. The van der Waals surface area contributed by atoms with E-state index in [0.717, 1.165) is 33.0 Å². The third kappa shape index (κ3) is 4.43. The van der Waals surface area contributed by atoms with E-state index in [1.807, 2.05) is 41.8 Å². The molecule has 0 atom stereocenters. The van der Waals surface area contributed by atoms with Crippen molar-refractivity contribution in [2.45, 2.75) is 13.1 Å². The predicted molar refractivity (Wildman–Crippen MR) is 110 cm³/mol. The van der Waals surface area contributed by atoms with Gasteiger partial charge in [0.25, 0.3) is 0 Å². The number of aryl methyl sites for hydroxylation is 1. The van der Waals surface area contributed by atoms with Crippen LogP contribution in [-0.2, 0) is 0 Å². The van der Waals surface area contributed by atoms with E-state index in [9.17, 15) is 18.0 Å². The summed E-state index contributed by atoms with van der Waals surface area (Å²) in [5, 5.41) is 4.19. The standard InChI is InChI=1S/C20H16F3N5OS/c1-12-7-17(30-27-12)14-5-6-28-16(10-24-18(28)9-14)13-3-2-4-15(8-13)26-19(29)25-11-20(21,22)23/h2-10H,11H2,1H3,(H2,25,26,29). The highest BCUT2D eigenvalue weighted by molar-refractivity contribution is 7.09. The first-order chi connectivity index (χ1) is 14.3. The molecule has 30 heavy (non-hydrogen) atoms. The number of amides is 2. The van der Waals surface area contributed by atoms with Crippen LogP contribution >= 0.6 is 11.5 Å².